The van der Waals surface area contributed by atoms with Crippen LogP contribution in [0.15, 0.2) is 4.99 Å². The molecule has 0 aromatic heterocycles. The van der Waals surface area contributed by atoms with Crippen molar-refractivity contribution in [3.8, 4) is 0 Å². The second-order valence-electron chi connectivity index (χ2n) is 2.79. The van der Waals surface area contributed by atoms with E-state index in [1.807, 2.05) is 0 Å². The summed E-state index contributed by atoms with van der Waals surface area (Å²) in [5.74, 6) is 0. The summed E-state index contributed by atoms with van der Waals surface area (Å²) >= 11 is 0. The Labute approximate surface area is 76.4 Å². The van der Waals surface area contributed by atoms with Gasteiger partial charge in [-0.15, -0.1) is 0 Å². The van der Waals surface area contributed by atoms with E-state index in [1.54, 1.807) is 6.92 Å². The molecule has 1 aromatic rings. The van der Waals surface area contributed by atoms with E-state index in [2.05, 4.69) is 11.7 Å². The van der Waals surface area contributed by atoms with Gasteiger partial charge in [0.1, 0.15) is 0 Å². The Morgan fingerprint density at radius 3 is 1.85 bits per heavy atom. The maximum Gasteiger partial charge on any atom is 0.0924 e. The van der Waals surface area contributed by atoms with E-state index < -0.39 is 0 Å². The first-order valence-corrected chi connectivity index (χ1v) is 3.69. The smallest absolute Gasteiger partial charge is 0.0924 e. The molecular weight excluding hydrogens is 166 g/mol. The number of aliphatic imine (C=N–C) groups is 1. The fourth-order valence-electron chi connectivity index (χ4n) is 1.15. The monoisotopic (exact) mass is 179 g/mol. The van der Waals surface area contributed by atoms with Gasteiger partial charge in [0.25, 0.3) is 0 Å². The van der Waals surface area contributed by atoms with Crippen molar-refractivity contribution in [2.24, 2.45) is 4.99 Å². The molecular formula is C8H13N5. The minimum Gasteiger partial charge on any atom is -0.397 e. The van der Waals surface area contributed by atoms with Gasteiger partial charge in [-0.25, -0.2) is 0 Å². The normalized spacial score (nSPS) is 9.92. The molecule has 5 heteroatoms. The molecule has 13 heavy (non-hydrogen) atoms. The maximum absolute atomic E-state index is 5.68. The van der Waals surface area contributed by atoms with Crippen molar-refractivity contribution in [3.63, 3.8) is 0 Å². The zero-order valence-corrected chi connectivity index (χ0v) is 7.46. The first kappa shape index (κ1) is 9.18. The summed E-state index contributed by atoms with van der Waals surface area (Å²) in [6.07, 6.45) is 0. The average molecular weight is 179 g/mol. The molecule has 0 amide bonds. The predicted molar refractivity (Wildman–Crippen MR) is 58.0 cm³/mol. The van der Waals surface area contributed by atoms with Crippen molar-refractivity contribution in [1.29, 1.82) is 0 Å². The van der Waals surface area contributed by atoms with Gasteiger partial charge in [-0.05, 0) is 13.6 Å². The zero-order chi connectivity index (χ0) is 10.2. The van der Waals surface area contributed by atoms with Gasteiger partial charge in [-0.1, -0.05) is 0 Å². The molecule has 0 atom stereocenters. The molecule has 1 aromatic carbocycles. The van der Waals surface area contributed by atoms with Gasteiger partial charge in [0.05, 0.1) is 28.4 Å². The van der Waals surface area contributed by atoms with Crippen LogP contribution in [0, 0.1) is 6.92 Å². The van der Waals surface area contributed by atoms with Gasteiger partial charge >= 0.3 is 0 Å². The Morgan fingerprint density at radius 1 is 0.923 bits per heavy atom. The number of nitrogen functional groups attached to an aromatic ring is 4. The lowest BCUT2D eigenvalue weighted by Crippen LogP contribution is -2.06. The summed E-state index contributed by atoms with van der Waals surface area (Å²) in [4.78, 5) is 3.74. The predicted octanol–water partition coefficient (Wildman–Crippen LogP) is 0.656. The van der Waals surface area contributed by atoms with E-state index in [0.29, 0.717) is 28.3 Å². The molecule has 0 aliphatic rings. The van der Waals surface area contributed by atoms with Crippen LogP contribution < -0.4 is 22.9 Å². The highest BCUT2D eigenvalue weighted by atomic mass is 14.8. The van der Waals surface area contributed by atoms with Crippen LogP contribution in [0.1, 0.15) is 5.56 Å². The Kier molecular flexibility index (Phi) is 2.02. The van der Waals surface area contributed by atoms with Crippen LogP contribution in [0.2, 0.25) is 0 Å². The van der Waals surface area contributed by atoms with Gasteiger partial charge in [-0.2, -0.15) is 0 Å². The molecule has 0 saturated carbocycles. The Bertz CT molecular complexity index is 340. The Balaban J connectivity index is 3.66. The molecule has 0 spiro atoms. The molecule has 0 bridgehead atoms. The number of nitrogens with two attached hydrogens (primary N) is 4. The van der Waals surface area contributed by atoms with Crippen molar-refractivity contribution < 1.29 is 0 Å². The first-order valence-electron chi connectivity index (χ1n) is 3.69. The van der Waals surface area contributed by atoms with Gasteiger partial charge in [0, 0.05) is 5.56 Å². The molecule has 0 unspecified atom stereocenters. The number of hydrogen-bond acceptors (Lipinski definition) is 5. The second kappa shape index (κ2) is 2.85. The number of nitrogens with zero attached hydrogens (tertiary/aromatic N) is 1. The summed E-state index contributed by atoms with van der Waals surface area (Å²) in [5, 5.41) is 0. The van der Waals surface area contributed by atoms with Crippen molar-refractivity contribution in [1.82, 2.24) is 0 Å². The molecule has 0 heterocycles. The summed E-state index contributed by atoms with van der Waals surface area (Å²) in [6, 6.07) is 0. The van der Waals surface area contributed by atoms with Crippen molar-refractivity contribution in [3.05, 3.63) is 5.56 Å². The fourth-order valence-corrected chi connectivity index (χ4v) is 1.15. The largest absolute Gasteiger partial charge is 0.397 e. The van der Waals surface area contributed by atoms with Crippen molar-refractivity contribution >= 4 is 35.2 Å². The van der Waals surface area contributed by atoms with Crippen LogP contribution in [0.5, 0.6) is 0 Å². The quantitative estimate of drug-likeness (QED) is 0.374. The summed E-state index contributed by atoms with van der Waals surface area (Å²) < 4.78 is 0. The lowest BCUT2D eigenvalue weighted by Gasteiger charge is -2.13. The highest BCUT2D eigenvalue weighted by molar-refractivity contribution is 5.96. The van der Waals surface area contributed by atoms with E-state index >= 15 is 0 Å². The zero-order valence-electron chi connectivity index (χ0n) is 7.46. The summed E-state index contributed by atoms with van der Waals surface area (Å²) in [6.45, 7) is 5.15. The molecule has 0 saturated heterocycles. The van der Waals surface area contributed by atoms with Crippen LogP contribution in [-0.4, -0.2) is 6.72 Å². The van der Waals surface area contributed by atoms with Crippen LogP contribution in [-0.2, 0) is 0 Å². The van der Waals surface area contributed by atoms with E-state index in [0.717, 1.165) is 0 Å². The van der Waals surface area contributed by atoms with Crippen LogP contribution in [0.4, 0.5) is 28.4 Å². The third-order valence-corrected chi connectivity index (χ3v) is 2.04. The highest BCUT2D eigenvalue weighted by Crippen LogP contribution is 2.40. The van der Waals surface area contributed by atoms with Crippen LogP contribution >= 0.6 is 0 Å². The minimum atomic E-state index is 0.269. The first-order chi connectivity index (χ1) is 6.00. The summed E-state index contributed by atoms with van der Waals surface area (Å²) in [7, 11) is 0. The average Bonchev–Trinajstić information content (AvgIpc) is 2.13. The van der Waals surface area contributed by atoms with Crippen LogP contribution in [0.3, 0.4) is 0 Å². The van der Waals surface area contributed by atoms with Gasteiger partial charge in [0.2, 0.25) is 0 Å². The molecule has 70 valence electrons. The number of hydrogen-bond donors (Lipinski definition) is 4. The molecule has 5 nitrogen and oxygen atoms in total. The SMILES string of the molecule is C=Nc1c(C)c(N)c(N)c(N)c1N. The summed E-state index contributed by atoms with van der Waals surface area (Å²) in [5.41, 5.74) is 25.1. The van der Waals surface area contributed by atoms with E-state index in [4.69, 9.17) is 22.9 Å². The van der Waals surface area contributed by atoms with Crippen LogP contribution in [0.25, 0.3) is 0 Å². The lowest BCUT2D eigenvalue weighted by atomic mass is 10.1. The second-order valence-corrected chi connectivity index (χ2v) is 2.79. The van der Waals surface area contributed by atoms with E-state index in [-0.39, 0.29) is 5.69 Å². The van der Waals surface area contributed by atoms with Crippen molar-refractivity contribution in [2.45, 2.75) is 6.92 Å². The standard InChI is InChI=1S/C8H13N5/c1-3-4(9)5(10)6(11)7(12)8(3)13-2/h2,9-12H2,1H3. The molecule has 0 fully saturated rings. The fraction of sp³-hybridized carbons (Fsp3) is 0.125. The van der Waals surface area contributed by atoms with E-state index in [1.165, 1.54) is 0 Å². The number of rotatable bonds is 1. The lowest BCUT2D eigenvalue weighted by molar-refractivity contribution is 1.41. The van der Waals surface area contributed by atoms with Gasteiger partial charge in [-0.3, -0.25) is 4.99 Å². The van der Waals surface area contributed by atoms with E-state index in [9.17, 15) is 0 Å². The molecule has 1 rings (SSSR count). The Morgan fingerprint density at radius 2 is 1.38 bits per heavy atom. The number of anilines is 4. The minimum absolute atomic E-state index is 0.269. The number of benzene rings is 1. The maximum atomic E-state index is 5.68. The molecule has 0 radical (unpaired) electrons. The van der Waals surface area contributed by atoms with Gasteiger partial charge < -0.3 is 22.9 Å². The third-order valence-electron chi connectivity index (χ3n) is 2.04. The molecule has 0 aliphatic carbocycles. The highest BCUT2D eigenvalue weighted by Gasteiger charge is 2.13. The topological polar surface area (TPSA) is 116 Å². The third kappa shape index (κ3) is 1.14. The van der Waals surface area contributed by atoms with Crippen molar-refractivity contribution in [2.75, 3.05) is 22.9 Å². The molecule has 8 N–H and O–H groups in total. The molecule has 0 aliphatic heterocycles. The Hall–Kier alpha value is -1.91. The van der Waals surface area contributed by atoms with Gasteiger partial charge in [0.15, 0.2) is 0 Å².